The minimum atomic E-state index is -0.506. The number of carbonyl (C=O) groups excluding carboxylic acids is 1. The van der Waals surface area contributed by atoms with Gasteiger partial charge in [0.1, 0.15) is 0 Å². The van der Waals surface area contributed by atoms with E-state index in [0.717, 1.165) is 56.1 Å². The summed E-state index contributed by atoms with van der Waals surface area (Å²) < 4.78 is 13.0. The molecule has 0 saturated carbocycles. The van der Waals surface area contributed by atoms with Gasteiger partial charge in [-0.3, -0.25) is 4.79 Å². The Bertz CT molecular complexity index is 1410. The highest BCUT2D eigenvalue weighted by Crippen LogP contribution is 2.40. The van der Waals surface area contributed by atoms with Crippen molar-refractivity contribution in [2.45, 2.75) is 49.9 Å². The molecule has 1 aliphatic rings. The van der Waals surface area contributed by atoms with Crippen LogP contribution in [0.3, 0.4) is 0 Å². The van der Waals surface area contributed by atoms with Crippen molar-refractivity contribution in [3.05, 3.63) is 119 Å². The monoisotopic (exact) mass is 554 g/mol. The zero-order chi connectivity index (χ0) is 27.9. The summed E-state index contributed by atoms with van der Waals surface area (Å²) >= 11 is 1.72. The second kappa shape index (κ2) is 13.3. The lowest BCUT2D eigenvalue weighted by molar-refractivity contribution is -0.245. The maximum atomic E-state index is 11.3. The third-order valence-electron chi connectivity index (χ3n) is 6.90. The zero-order valence-electron chi connectivity index (χ0n) is 22.5. The standard InChI is InChI=1S/C33H34N2O4S/c1-22(37)35-29-13-15-31(16-14-29)40-21-30-18-32(26-7-5-23(20-36)6-8-26)39-33(38-30)27-11-9-25(10-12-27)28-4-2-3-24(17-28)19-34/h2-17,30,32-33,36H,18-21,34H2,1H3,(H,35,37). The van der Waals surface area contributed by atoms with Crippen LogP contribution in [0.4, 0.5) is 5.69 Å². The fourth-order valence-corrected chi connectivity index (χ4v) is 5.68. The number of thioether (sulfide) groups is 1. The van der Waals surface area contributed by atoms with Gasteiger partial charge in [-0.05, 0) is 58.1 Å². The van der Waals surface area contributed by atoms with Crippen LogP contribution in [-0.4, -0.2) is 22.9 Å². The molecule has 3 atom stereocenters. The number of aliphatic hydroxyl groups excluding tert-OH is 1. The first-order valence-corrected chi connectivity index (χ1v) is 14.4. The lowest BCUT2D eigenvalue weighted by Crippen LogP contribution is -2.31. The Morgan fingerprint density at radius 3 is 2.30 bits per heavy atom. The van der Waals surface area contributed by atoms with E-state index in [1.165, 1.54) is 6.92 Å². The number of aliphatic hydroxyl groups is 1. The molecule has 0 radical (unpaired) electrons. The van der Waals surface area contributed by atoms with Gasteiger partial charge in [-0.1, -0.05) is 66.7 Å². The first-order valence-electron chi connectivity index (χ1n) is 13.4. The van der Waals surface area contributed by atoms with Crippen LogP contribution in [0.1, 0.15) is 48.0 Å². The SMILES string of the molecule is CC(=O)Nc1ccc(SCC2CC(c3ccc(CO)cc3)OC(c3ccc(-c4cccc(CN)c4)cc3)O2)cc1. The molecule has 1 heterocycles. The van der Waals surface area contributed by atoms with Crippen molar-refractivity contribution in [1.82, 2.24) is 0 Å². The van der Waals surface area contributed by atoms with E-state index in [-0.39, 0.29) is 24.7 Å². The van der Waals surface area contributed by atoms with Crippen molar-refractivity contribution in [1.29, 1.82) is 0 Å². The molecule has 4 aromatic rings. The highest BCUT2D eigenvalue weighted by Gasteiger charge is 2.32. The molecule has 6 nitrogen and oxygen atoms in total. The topological polar surface area (TPSA) is 93.8 Å². The molecule has 1 amide bonds. The Labute approximate surface area is 239 Å². The van der Waals surface area contributed by atoms with E-state index in [1.807, 2.05) is 60.7 Å². The Morgan fingerprint density at radius 2 is 1.62 bits per heavy atom. The molecule has 0 aromatic heterocycles. The molecule has 40 heavy (non-hydrogen) atoms. The summed E-state index contributed by atoms with van der Waals surface area (Å²) in [5.41, 5.74) is 12.8. The minimum Gasteiger partial charge on any atom is -0.392 e. The Morgan fingerprint density at radius 1 is 0.900 bits per heavy atom. The van der Waals surface area contributed by atoms with Gasteiger partial charge in [0, 0.05) is 41.8 Å². The number of benzene rings is 4. The zero-order valence-corrected chi connectivity index (χ0v) is 23.3. The molecule has 1 fully saturated rings. The van der Waals surface area contributed by atoms with Gasteiger partial charge in [-0.2, -0.15) is 0 Å². The summed E-state index contributed by atoms with van der Waals surface area (Å²) in [6.45, 7) is 2.02. The van der Waals surface area contributed by atoms with Gasteiger partial charge in [0.05, 0.1) is 18.8 Å². The minimum absolute atomic E-state index is 0.0120. The lowest BCUT2D eigenvalue weighted by Gasteiger charge is -2.36. The van der Waals surface area contributed by atoms with Gasteiger partial charge < -0.3 is 25.6 Å². The molecule has 1 saturated heterocycles. The summed E-state index contributed by atoms with van der Waals surface area (Å²) in [6, 6.07) is 32.4. The molecule has 5 rings (SSSR count). The van der Waals surface area contributed by atoms with E-state index >= 15 is 0 Å². The predicted octanol–water partition coefficient (Wildman–Crippen LogP) is 6.60. The van der Waals surface area contributed by atoms with Gasteiger partial charge in [0.25, 0.3) is 0 Å². The van der Waals surface area contributed by atoms with Crippen LogP contribution in [0.5, 0.6) is 0 Å². The number of nitrogens with one attached hydrogen (secondary N) is 1. The first kappa shape index (κ1) is 28.1. The number of hydrogen-bond donors (Lipinski definition) is 3. The second-order valence-corrected chi connectivity index (χ2v) is 11.0. The fraction of sp³-hybridized carbons (Fsp3) is 0.242. The van der Waals surface area contributed by atoms with Gasteiger partial charge in [-0.25, -0.2) is 0 Å². The first-order chi connectivity index (χ1) is 19.5. The van der Waals surface area contributed by atoms with Crippen molar-refractivity contribution in [2.24, 2.45) is 5.73 Å². The molecular weight excluding hydrogens is 520 g/mol. The molecule has 0 aliphatic carbocycles. The molecule has 0 bridgehead atoms. The molecule has 4 N–H and O–H groups in total. The molecule has 4 aromatic carbocycles. The van der Waals surface area contributed by atoms with E-state index in [0.29, 0.717) is 6.54 Å². The fourth-order valence-electron chi connectivity index (χ4n) is 4.76. The van der Waals surface area contributed by atoms with Gasteiger partial charge >= 0.3 is 0 Å². The van der Waals surface area contributed by atoms with Crippen molar-refractivity contribution in [3.8, 4) is 11.1 Å². The molecular formula is C33H34N2O4S. The molecule has 206 valence electrons. The highest BCUT2D eigenvalue weighted by molar-refractivity contribution is 7.99. The van der Waals surface area contributed by atoms with E-state index in [4.69, 9.17) is 15.2 Å². The Hall–Kier alpha value is -3.46. The number of amides is 1. The smallest absolute Gasteiger partial charge is 0.221 e. The average molecular weight is 555 g/mol. The summed E-state index contributed by atoms with van der Waals surface area (Å²) in [5.74, 6) is 0.673. The normalized spacial score (nSPS) is 18.8. The molecule has 7 heteroatoms. The summed E-state index contributed by atoms with van der Waals surface area (Å²) in [5, 5.41) is 12.3. The van der Waals surface area contributed by atoms with Crippen LogP contribution < -0.4 is 11.1 Å². The van der Waals surface area contributed by atoms with Crippen molar-refractivity contribution in [2.75, 3.05) is 11.1 Å². The van der Waals surface area contributed by atoms with E-state index in [1.54, 1.807) is 11.8 Å². The quantitative estimate of drug-likeness (QED) is 0.202. The van der Waals surface area contributed by atoms with Crippen LogP contribution in [0.2, 0.25) is 0 Å². The Kier molecular flexibility index (Phi) is 9.31. The van der Waals surface area contributed by atoms with Crippen molar-refractivity contribution in [3.63, 3.8) is 0 Å². The molecule has 1 aliphatic heterocycles. The van der Waals surface area contributed by atoms with E-state index in [2.05, 4.69) is 41.7 Å². The Balaban J connectivity index is 1.33. The number of ether oxygens (including phenoxy) is 2. The number of rotatable bonds is 9. The van der Waals surface area contributed by atoms with Crippen LogP contribution in [0.25, 0.3) is 11.1 Å². The lowest BCUT2D eigenvalue weighted by atomic mass is 9.99. The average Bonchev–Trinajstić information content (AvgIpc) is 3.00. The van der Waals surface area contributed by atoms with Crippen LogP contribution in [0.15, 0.2) is 102 Å². The predicted molar refractivity (Wildman–Crippen MR) is 160 cm³/mol. The number of hydrogen-bond acceptors (Lipinski definition) is 6. The number of nitrogens with two attached hydrogens (primary N) is 1. The largest absolute Gasteiger partial charge is 0.392 e. The molecule has 3 unspecified atom stereocenters. The van der Waals surface area contributed by atoms with E-state index < -0.39 is 6.29 Å². The van der Waals surface area contributed by atoms with Crippen molar-refractivity contribution >= 4 is 23.4 Å². The maximum Gasteiger partial charge on any atom is 0.221 e. The third kappa shape index (κ3) is 7.18. The maximum absolute atomic E-state index is 11.3. The number of carbonyl (C=O) groups is 1. The summed E-state index contributed by atoms with van der Waals surface area (Å²) in [7, 11) is 0. The van der Waals surface area contributed by atoms with Gasteiger partial charge in [-0.15, -0.1) is 11.8 Å². The van der Waals surface area contributed by atoms with Gasteiger partial charge in [0.2, 0.25) is 5.91 Å². The third-order valence-corrected chi connectivity index (χ3v) is 8.05. The molecule has 0 spiro atoms. The highest BCUT2D eigenvalue weighted by atomic mass is 32.2. The second-order valence-electron chi connectivity index (χ2n) is 9.89. The van der Waals surface area contributed by atoms with Crippen LogP contribution in [-0.2, 0) is 27.4 Å². The van der Waals surface area contributed by atoms with Crippen molar-refractivity contribution < 1.29 is 19.4 Å². The van der Waals surface area contributed by atoms with E-state index in [9.17, 15) is 9.90 Å². The van der Waals surface area contributed by atoms with Crippen LogP contribution in [0, 0.1) is 0 Å². The number of anilines is 1. The summed E-state index contributed by atoms with van der Waals surface area (Å²) in [6.07, 6.45) is 0.0337. The van der Waals surface area contributed by atoms with Crippen LogP contribution >= 0.6 is 11.8 Å². The van der Waals surface area contributed by atoms with Gasteiger partial charge in [0.15, 0.2) is 6.29 Å². The summed E-state index contributed by atoms with van der Waals surface area (Å²) in [4.78, 5) is 12.4.